The van der Waals surface area contributed by atoms with Gasteiger partial charge >= 0.3 is 0 Å². The first-order valence-electron chi connectivity index (χ1n) is 6.62. The average Bonchev–Trinajstić information content (AvgIpc) is 2.87. The lowest BCUT2D eigenvalue weighted by Gasteiger charge is -2.40. The smallest absolute Gasteiger partial charge is 0.0888 e. The van der Waals surface area contributed by atoms with Gasteiger partial charge in [-0.05, 0) is 19.8 Å². The molecule has 0 radical (unpaired) electrons. The third kappa shape index (κ3) is 2.38. The van der Waals surface area contributed by atoms with Crippen LogP contribution in [0.15, 0.2) is 12.4 Å². The molecule has 0 spiro atoms. The molecule has 1 aliphatic carbocycles. The van der Waals surface area contributed by atoms with Crippen molar-refractivity contribution in [3.8, 4) is 0 Å². The Hall–Kier alpha value is -0.870. The number of nitrogens with zero attached hydrogens (tertiary/aromatic N) is 2. The van der Waals surface area contributed by atoms with E-state index in [9.17, 15) is 5.11 Å². The van der Waals surface area contributed by atoms with Crippen molar-refractivity contribution in [3.63, 3.8) is 0 Å². The van der Waals surface area contributed by atoms with E-state index in [1.54, 1.807) is 6.20 Å². The van der Waals surface area contributed by atoms with E-state index in [0.717, 1.165) is 24.9 Å². The second kappa shape index (κ2) is 5.19. The number of hydrogen-bond acceptors (Lipinski definition) is 3. The summed E-state index contributed by atoms with van der Waals surface area (Å²) in [5.74, 6) is 0. The second-order valence-corrected chi connectivity index (χ2v) is 5.16. The molecule has 0 saturated heterocycles. The minimum atomic E-state index is -0.465. The van der Waals surface area contributed by atoms with Gasteiger partial charge in [0.25, 0.3) is 0 Å². The highest BCUT2D eigenvalue weighted by atomic mass is 16.3. The SMILES string of the molecule is CCn1cc(C(O)C2(CN)CCCCC2)cn1. The van der Waals surface area contributed by atoms with Gasteiger partial charge in [-0.3, -0.25) is 4.68 Å². The lowest BCUT2D eigenvalue weighted by atomic mass is 9.69. The maximum Gasteiger partial charge on any atom is 0.0888 e. The largest absolute Gasteiger partial charge is 0.388 e. The summed E-state index contributed by atoms with van der Waals surface area (Å²) in [6, 6.07) is 0. The standard InChI is InChI=1S/C13H23N3O/c1-2-16-9-11(8-15-16)12(17)13(10-14)6-4-3-5-7-13/h8-9,12,17H,2-7,10,14H2,1H3. The van der Waals surface area contributed by atoms with Gasteiger partial charge in [0.05, 0.1) is 12.3 Å². The molecule has 4 heteroatoms. The summed E-state index contributed by atoms with van der Waals surface area (Å²) in [6.45, 7) is 3.44. The molecule has 1 atom stereocenters. The second-order valence-electron chi connectivity index (χ2n) is 5.16. The van der Waals surface area contributed by atoms with Crippen molar-refractivity contribution >= 4 is 0 Å². The Balaban J connectivity index is 2.18. The molecule has 1 heterocycles. The van der Waals surface area contributed by atoms with E-state index in [-0.39, 0.29) is 5.41 Å². The Labute approximate surface area is 103 Å². The topological polar surface area (TPSA) is 64.1 Å². The van der Waals surface area contributed by atoms with E-state index >= 15 is 0 Å². The summed E-state index contributed by atoms with van der Waals surface area (Å²) in [6.07, 6.45) is 8.93. The van der Waals surface area contributed by atoms with Crippen LogP contribution >= 0.6 is 0 Å². The Kier molecular flexibility index (Phi) is 3.84. The minimum absolute atomic E-state index is 0.125. The molecular formula is C13H23N3O. The molecule has 0 aromatic carbocycles. The normalized spacial score (nSPS) is 21.4. The van der Waals surface area contributed by atoms with Crippen LogP contribution < -0.4 is 5.73 Å². The number of rotatable bonds is 4. The third-order valence-corrected chi connectivity index (χ3v) is 4.13. The summed E-state index contributed by atoms with van der Waals surface area (Å²) in [5.41, 5.74) is 6.72. The Morgan fingerprint density at radius 3 is 2.71 bits per heavy atom. The summed E-state index contributed by atoms with van der Waals surface area (Å²) in [4.78, 5) is 0. The van der Waals surface area contributed by atoms with E-state index in [0.29, 0.717) is 6.54 Å². The zero-order chi connectivity index (χ0) is 12.3. The van der Waals surface area contributed by atoms with E-state index < -0.39 is 6.10 Å². The molecule has 4 nitrogen and oxygen atoms in total. The summed E-state index contributed by atoms with van der Waals surface area (Å²) in [7, 11) is 0. The predicted molar refractivity (Wildman–Crippen MR) is 67.4 cm³/mol. The molecule has 1 aliphatic rings. The molecule has 1 fully saturated rings. The first-order chi connectivity index (χ1) is 8.22. The molecule has 3 N–H and O–H groups in total. The Morgan fingerprint density at radius 2 is 2.18 bits per heavy atom. The maximum atomic E-state index is 10.6. The first-order valence-corrected chi connectivity index (χ1v) is 6.62. The number of aromatic nitrogens is 2. The van der Waals surface area contributed by atoms with Crippen molar-refractivity contribution in [3.05, 3.63) is 18.0 Å². The fraction of sp³-hybridized carbons (Fsp3) is 0.769. The molecule has 1 aromatic heterocycles. The van der Waals surface area contributed by atoms with Gasteiger partial charge < -0.3 is 10.8 Å². The number of aryl methyl sites for hydroxylation is 1. The van der Waals surface area contributed by atoms with E-state index in [4.69, 9.17) is 5.73 Å². The molecule has 1 unspecified atom stereocenters. The van der Waals surface area contributed by atoms with Crippen molar-refractivity contribution in [1.29, 1.82) is 0 Å². The fourth-order valence-electron chi connectivity index (χ4n) is 2.89. The van der Waals surface area contributed by atoms with Crippen LogP contribution in [0.25, 0.3) is 0 Å². The molecule has 17 heavy (non-hydrogen) atoms. The van der Waals surface area contributed by atoms with Crippen molar-refractivity contribution in [1.82, 2.24) is 9.78 Å². The van der Waals surface area contributed by atoms with Gasteiger partial charge in [-0.25, -0.2) is 0 Å². The monoisotopic (exact) mass is 237 g/mol. The molecule has 1 saturated carbocycles. The highest BCUT2D eigenvalue weighted by Crippen LogP contribution is 2.45. The lowest BCUT2D eigenvalue weighted by molar-refractivity contribution is 0.000642. The van der Waals surface area contributed by atoms with Gasteiger partial charge in [-0.2, -0.15) is 5.10 Å². The van der Waals surface area contributed by atoms with E-state index in [1.807, 2.05) is 17.8 Å². The minimum Gasteiger partial charge on any atom is -0.388 e. The van der Waals surface area contributed by atoms with Crippen LogP contribution in [0.2, 0.25) is 0 Å². The molecule has 96 valence electrons. The average molecular weight is 237 g/mol. The third-order valence-electron chi connectivity index (χ3n) is 4.13. The molecule has 2 rings (SSSR count). The van der Waals surface area contributed by atoms with Crippen LogP contribution in [0, 0.1) is 5.41 Å². The van der Waals surface area contributed by atoms with Gasteiger partial charge in [-0.1, -0.05) is 19.3 Å². The number of aliphatic hydroxyl groups is 1. The molecule has 0 aliphatic heterocycles. The Bertz CT molecular complexity index is 355. The van der Waals surface area contributed by atoms with Crippen LogP contribution in [0.4, 0.5) is 0 Å². The summed E-state index contributed by atoms with van der Waals surface area (Å²) in [5, 5.41) is 14.8. The zero-order valence-corrected chi connectivity index (χ0v) is 10.6. The molecule has 0 bridgehead atoms. The highest BCUT2D eigenvalue weighted by Gasteiger charge is 2.39. The van der Waals surface area contributed by atoms with Gasteiger partial charge in [0.15, 0.2) is 0 Å². The van der Waals surface area contributed by atoms with Crippen molar-refractivity contribution in [2.75, 3.05) is 6.54 Å². The van der Waals surface area contributed by atoms with Crippen molar-refractivity contribution in [2.45, 2.75) is 51.7 Å². The van der Waals surface area contributed by atoms with Gasteiger partial charge in [0.2, 0.25) is 0 Å². The molecule has 0 amide bonds. The Morgan fingerprint density at radius 1 is 1.47 bits per heavy atom. The van der Waals surface area contributed by atoms with Crippen LogP contribution in [0.5, 0.6) is 0 Å². The predicted octanol–water partition coefficient (Wildman–Crippen LogP) is 1.85. The van der Waals surface area contributed by atoms with Gasteiger partial charge in [0, 0.05) is 30.3 Å². The van der Waals surface area contributed by atoms with Crippen LogP contribution in [0.1, 0.15) is 50.7 Å². The summed E-state index contributed by atoms with van der Waals surface area (Å²) >= 11 is 0. The number of aliphatic hydroxyl groups excluding tert-OH is 1. The summed E-state index contributed by atoms with van der Waals surface area (Å²) < 4.78 is 1.85. The van der Waals surface area contributed by atoms with Crippen molar-refractivity contribution < 1.29 is 5.11 Å². The lowest BCUT2D eigenvalue weighted by Crippen LogP contribution is -2.38. The van der Waals surface area contributed by atoms with Crippen LogP contribution in [-0.2, 0) is 6.54 Å². The fourth-order valence-corrected chi connectivity index (χ4v) is 2.89. The van der Waals surface area contributed by atoms with Gasteiger partial charge in [-0.15, -0.1) is 0 Å². The quantitative estimate of drug-likeness (QED) is 0.840. The first kappa shape index (κ1) is 12.6. The van der Waals surface area contributed by atoms with Crippen molar-refractivity contribution in [2.24, 2.45) is 11.1 Å². The van der Waals surface area contributed by atoms with Gasteiger partial charge in [0.1, 0.15) is 0 Å². The highest BCUT2D eigenvalue weighted by molar-refractivity contribution is 5.13. The number of hydrogen-bond donors (Lipinski definition) is 2. The van der Waals surface area contributed by atoms with Crippen LogP contribution in [-0.4, -0.2) is 21.4 Å². The number of nitrogens with two attached hydrogens (primary N) is 1. The van der Waals surface area contributed by atoms with Crippen LogP contribution in [0.3, 0.4) is 0 Å². The van der Waals surface area contributed by atoms with E-state index in [2.05, 4.69) is 5.10 Å². The molecular weight excluding hydrogens is 214 g/mol. The van der Waals surface area contributed by atoms with E-state index in [1.165, 1.54) is 19.3 Å². The molecule has 1 aromatic rings. The zero-order valence-electron chi connectivity index (χ0n) is 10.6. The maximum absolute atomic E-state index is 10.6.